The quantitative estimate of drug-likeness (QED) is 0.722. The van der Waals surface area contributed by atoms with Crippen LogP contribution in [0.25, 0.3) is 0 Å². The SMILES string of the molecule is CC1CCN(C(=O)c2ncc(C#N)s2)C1. The number of amides is 1. The van der Waals surface area contributed by atoms with Crippen LogP contribution < -0.4 is 0 Å². The number of carbonyl (C=O) groups is 1. The van der Waals surface area contributed by atoms with Crippen LogP contribution in [0.3, 0.4) is 0 Å². The lowest BCUT2D eigenvalue weighted by Gasteiger charge is -2.13. The van der Waals surface area contributed by atoms with Gasteiger partial charge in [-0.15, -0.1) is 0 Å². The van der Waals surface area contributed by atoms with Gasteiger partial charge in [-0.3, -0.25) is 4.79 Å². The van der Waals surface area contributed by atoms with E-state index in [-0.39, 0.29) is 5.91 Å². The zero-order valence-corrected chi connectivity index (χ0v) is 9.25. The molecule has 0 radical (unpaired) electrons. The third-order valence-corrected chi connectivity index (χ3v) is 3.40. The lowest BCUT2D eigenvalue weighted by molar-refractivity contribution is 0.0787. The van der Waals surface area contributed by atoms with E-state index in [1.54, 1.807) is 0 Å². The van der Waals surface area contributed by atoms with E-state index in [1.807, 2.05) is 11.0 Å². The Labute approximate surface area is 92.2 Å². The molecule has 1 unspecified atom stereocenters. The lowest BCUT2D eigenvalue weighted by atomic mass is 10.2. The summed E-state index contributed by atoms with van der Waals surface area (Å²) in [5, 5.41) is 9.07. The summed E-state index contributed by atoms with van der Waals surface area (Å²) < 4.78 is 0. The second-order valence-corrected chi connectivity index (χ2v) is 4.82. The van der Waals surface area contributed by atoms with Crippen molar-refractivity contribution in [2.45, 2.75) is 13.3 Å². The summed E-state index contributed by atoms with van der Waals surface area (Å²) in [6.45, 7) is 3.75. The monoisotopic (exact) mass is 221 g/mol. The normalized spacial score (nSPS) is 20.3. The molecule has 4 nitrogen and oxygen atoms in total. The summed E-state index contributed by atoms with van der Waals surface area (Å²) in [6, 6.07) is 1.99. The maximum atomic E-state index is 11.9. The molecule has 2 rings (SSSR count). The maximum Gasteiger partial charge on any atom is 0.282 e. The first kappa shape index (κ1) is 10.1. The highest BCUT2D eigenvalue weighted by molar-refractivity contribution is 7.14. The van der Waals surface area contributed by atoms with Gasteiger partial charge in [-0.2, -0.15) is 5.26 Å². The maximum absolute atomic E-state index is 11.9. The molecule has 0 N–H and O–H groups in total. The number of hydrogen-bond acceptors (Lipinski definition) is 4. The average molecular weight is 221 g/mol. The third kappa shape index (κ3) is 2.00. The van der Waals surface area contributed by atoms with Crippen molar-refractivity contribution in [1.29, 1.82) is 5.26 Å². The first-order chi connectivity index (χ1) is 7.20. The van der Waals surface area contributed by atoms with E-state index in [2.05, 4.69) is 11.9 Å². The van der Waals surface area contributed by atoms with E-state index in [0.717, 1.165) is 19.5 Å². The van der Waals surface area contributed by atoms with Gasteiger partial charge in [0.15, 0.2) is 5.01 Å². The van der Waals surface area contributed by atoms with Crippen molar-refractivity contribution in [3.63, 3.8) is 0 Å². The molecule has 78 valence electrons. The molecular weight excluding hydrogens is 210 g/mol. The van der Waals surface area contributed by atoms with E-state index in [9.17, 15) is 4.79 Å². The molecule has 15 heavy (non-hydrogen) atoms. The molecule has 0 aromatic carbocycles. The highest BCUT2D eigenvalue weighted by Gasteiger charge is 2.25. The highest BCUT2D eigenvalue weighted by atomic mass is 32.1. The van der Waals surface area contributed by atoms with Gasteiger partial charge in [0.1, 0.15) is 10.9 Å². The summed E-state index contributed by atoms with van der Waals surface area (Å²) in [5.41, 5.74) is 0. The van der Waals surface area contributed by atoms with Crippen molar-refractivity contribution in [1.82, 2.24) is 9.88 Å². The Bertz CT molecular complexity index is 421. The Morgan fingerprint density at radius 2 is 2.60 bits per heavy atom. The van der Waals surface area contributed by atoms with Gasteiger partial charge in [-0.25, -0.2) is 4.98 Å². The Balaban J connectivity index is 2.11. The Morgan fingerprint density at radius 1 is 1.80 bits per heavy atom. The number of hydrogen-bond donors (Lipinski definition) is 0. The number of aromatic nitrogens is 1. The summed E-state index contributed by atoms with van der Waals surface area (Å²) in [7, 11) is 0. The Kier molecular flexibility index (Phi) is 2.69. The van der Waals surface area contributed by atoms with Crippen LogP contribution in [0.2, 0.25) is 0 Å². The van der Waals surface area contributed by atoms with Crippen LogP contribution in [-0.4, -0.2) is 28.9 Å². The van der Waals surface area contributed by atoms with Gasteiger partial charge >= 0.3 is 0 Å². The van der Waals surface area contributed by atoms with Crippen molar-refractivity contribution in [2.24, 2.45) is 5.92 Å². The smallest absolute Gasteiger partial charge is 0.282 e. The van der Waals surface area contributed by atoms with E-state index >= 15 is 0 Å². The van der Waals surface area contributed by atoms with Crippen LogP contribution in [0.4, 0.5) is 0 Å². The third-order valence-electron chi connectivity index (χ3n) is 2.51. The molecule has 0 saturated carbocycles. The van der Waals surface area contributed by atoms with E-state index in [1.165, 1.54) is 17.5 Å². The van der Waals surface area contributed by atoms with Crippen LogP contribution >= 0.6 is 11.3 Å². The molecule has 0 bridgehead atoms. The number of carbonyl (C=O) groups excluding carboxylic acids is 1. The predicted molar refractivity (Wildman–Crippen MR) is 56.5 cm³/mol. The molecule has 0 aliphatic carbocycles. The van der Waals surface area contributed by atoms with Crippen molar-refractivity contribution >= 4 is 17.2 Å². The van der Waals surface area contributed by atoms with Crippen molar-refractivity contribution in [2.75, 3.05) is 13.1 Å². The van der Waals surface area contributed by atoms with E-state index < -0.39 is 0 Å². The Hall–Kier alpha value is -1.41. The molecule has 1 aliphatic rings. The molecule has 1 aromatic heterocycles. The van der Waals surface area contributed by atoms with Gasteiger partial charge in [-0.1, -0.05) is 18.3 Å². The second kappa shape index (κ2) is 3.99. The minimum Gasteiger partial charge on any atom is -0.336 e. The van der Waals surface area contributed by atoms with Gasteiger partial charge in [0.2, 0.25) is 0 Å². The summed E-state index contributed by atoms with van der Waals surface area (Å²) in [4.78, 5) is 18.1. The molecule has 2 heterocycles. The molecular formula is C10H11N3OS. The van der Waals surface area contributed by atoms with Gasteiger partial charge in [0.25, 0.3) is 5.91 Å². The number of rotatable bonds is 1. The van der Waals surface area contributed by atoms with Gasteiger partial charge in [0.05, 0.1) is 6.20 Å². The average Bonchev–Trinajstić information content (AvgIpc) is 2.84. The largest absolute Gasteiger partial charge is 0.336 e. The van der Waals surface area contributed by atoms with Crippen molar-refractivity contribution < 1.29 is 4.79 Å². The lowest BCUT2D eigenvalue weighted by Crippen LogP contribution is -2.28. The van der Waals surface area contributed by atoms with Crippen molar-refractivity contribution in [3.8, 4) is 6.07 Å². The fraction of sp³-hybridized carbons (Fsp3) is 0.500. The molecule has 1 aliphatic heterocycles. The topological polar surface area (TPSA) is 57.0 Å². The first-order valence-corrected chi connectivity index (χ1v) is 5.67. The van der Waals surface area contributed by atoms with Gasteiger partial charge in [0, 0.05) is 13.1 Å². The number of likely N-dealkylation sites (tertiary alicyclic amines) is 1. The molecule has 1 amide bonds. The fourth-order valence-corrected chi connectivity index (χ4v) is 2.36. The zero-order valence-electron chi connectivity index (χ0n) is 8.43. The van der Waals surface area contributed by atoms with Crippen LogP contribution in [-0.2, 0) is 0 Å². The molecule has 1 aromatic rings. The standard InChI is InChI=1S/C10H11N3OS/c1-7-2-3-13(6-7)10(14)9-12-5-8(4-11)15-9/h5,7H,2-3,6H2,1H3. The molecule has 0 spiro atoms. The van der Waals surface area contributed by atoms with Crippen molar-refractivity contribution in [3.05, 3.63) is 16.1 Å². The molecule has 5 heteroatoms. The number of nitrogens with zero attached hydrogens (tertiary/aromatic N) is 3. The second-order valence-electron chi connectivity index (χ2n) is 3.79. The summed E-state index contributed by atoms with van der Waals surface area (Å²) in [6.07, 6.45) is 2.51. The van der Waals surface area contributed by atoms with E-state index in [0.29, 0.717) is 15.8 Å². The van der Waals surface area contributed by atoms with Crippen LogP contribution in [0.5, 0.6) is 0 Å². The zero-order chi connectivity index (χ0) is 10.8. The number of nitriles is 1. The van der Waals surface area contributed by atoms with E-state index in [4.69, 9.17) is 5.26 Å². The van der Waals surface area contributed by atoms with Gasteiger partial charge < -0.3 is 4.90 Å². The highest BCUT2D eigenvalue weighted by Crippen LogP contribution is 2.20. The van der Waals surface area contributed by atoms with Crippen LogP contribution in [0, 0.1) is 17.2 Å². The van der Waals surface area contributed by atoms with Crippen LogP contribution in [0.15, 0.2) is 6.20 Å². The van der Waals surface area contributed by atoms with Crippen LogP contribution in [0.1, 0.15) is 28.0 Å². The summed E-state index contributed by atoms with van der Waals surface area (Å²) >= 11 is 1.17. The molecule has 1 saturated heterocycles. The predicted octanol–water partition coefficient (Wildman–Crippen LogP) is 1.50. The first-order valence-electron chi connectivity index (χ1n) is 4.86. The Morgan fingerprint density at radius 3 is 3.13 bits per heavy atom. The summed E-state index contributed by atoms with van der Waals surface area (Å²) in [5.74, 6) is 0.537. The van der Waals surface area contributed by atoms with Gasteiger partial charge in [-0.05, 0) is 12.3 Å². The molecule has 1 fully saturated rings. The number of thiazole rings is 1. The molecule has 1 atom stereocenters. The fourth-order valence-electron chi connectivity index (χ4n) is 1.68. The minimum absolute atomic E-state index is 0.0362. The minimum atomic E-state index is -0.0362.